The quantitative estimate of drug-likeness (QED) is 0.553. The van der Waals surface area contributed by atoms with Gasteiger partial charge in [-0.1, -0.05) is 12.1 Å². The molecule has 132 valence electrons. The normalized spacial score (nSPS) is 17.9. The number of hydrogen-bond donors (Lipinski definition) is 0. The van der Waals surface area contributed by atoms with Crippen molar-refractivity contribution in [3.05, 3.63) is 60.2 Å². The number of nitrogens with zero attached hydrogens (tertiary/aromatic N) is 5. The fraction of sp³-hybridized carbons (Fsp3) is 0.200. The van der Waals surface area contributed by atoms with Crippen LogP contribution in [0.4, 0.5) is 8.78 Å². The van der Waals surface area contributed by atoms with E-state index < -0.39 is 11.8 Å². The van der Waals surface area contributed by atoms with Crippen LogP contribution in [-0.2, 0) is 6.42 Å². The Morgan fingerprint density at radius 3 is 2.85 bits per heavy atom. The Kier molecular flexibility index (Phi) is 3.25. The number of rotatable bonds is 3. The zero-order valence-corrected chi connectivity index (χ0v) is 14.1. The number of halogens is 2. The summed E-state index contributed by atoms with van der Waals surface area (Å²) >= 11 is 0. The molecule has 0 amide bonds. The first-order chi connectivity index (χ1) is 13.1. The third-order valence-electron chi connectivity index (χ3n) is 5.06. The van der Waals surface area contributed by atoms with Gasteiger partial charge >= 0.3 is 0 Å². The smallest absolute Gasteiger partial charge is 0.252 e. The van der Waals surface area contributed by atoms with Gasteiger partial charge in [-0.2, -0.15) is 5.26 Å². The maximum Gasteiger partial charge on any atom is 0.252 e. The lowest BCUT2D eigenvalue weighted by molar-refractivity contribution is 0.0984. The lowest BCUT2D eigenvalue weighted by Crippen LogP contribution is -2.02. The molecule has 1 aliphatic carbocycles. The molecular formula is C20H13F2N5. The van der Waals surface area contributed by atoms with Crippen molar-refractivity contribution >= 4 is 16.6 Å². The summed E-state index contributed by atoms with van der Waals surface area (Å²) in [6.07, 6.45) is 3.51. The van der Waals surface area contributed by atoms with Gasteiger partial charge in [0.25, 0.3) is 5.92 Å². The number of benzene rings is 1. The van der Waals surface area contributed by atoms with E-state index in [1.807, 2.05) is 30.3 Å². The molecule has 0 N–H and O–H groups in total. The molecule has 1 fully saturated rings. The first-order valence-electron chi connectivity index (χ1n) is 8.56. The second kappa shape index (κ2) is 5.55. The molecule has 3 heterocycles. The Labute approximate surface area is 152 Å². The molecule has 7 heteroatoms. The van der Waals surface area contributed by atoms with Gasteiger partial charge in [0.05, 0.1) is 5.52 Å². The van der Waals surface area contributed by atoms with E-state index in [0.29, 0.717) is 17.0 Å². The van der Waals surface area contributed by atoms with Gasteiger partial charge in [-0.05, 0) is 29.8 Å². The molecule has 4 aromatic rings. The van der Waals surface area contributed by atoms with Crippen LogP contribution >= 0.6 is 0 Å². The molecule has 0 bridgehead atoms. The Morgan fingerprint density at radius 2 is 2.07 bits per heavy atom. The summed E-state index contributed by atoms with van der Waals surface area (Å²) in [6, 6.07) is 13.6. The fourth-order valence-electron chi connectivity index (χ4n) is 3.45. The maximum atomic E-state index is 13.2. The minimum atomic E-state index is -2.61. The monoisotopic (exact) mass is 361 g/mol. The Hall–Kier alpha value is -3.40. The standard InChI is InChI=1S/C20H13F2N5/c21-20(22)10-14(20)9-18-25-26-19-16(11-23)15(5-7-27(18)19)12-3-4-17-13(8-12)2-1-6-24-17/h1-8,14H,9-10H2. The van der Waals surface area contributed by atoms with Gasteiger partial charge < -0.3 is 0 Å². The topological polar surface area (TPSA) is 66.9 Å². The van der Waals surface area contributed by atoms with Crippen molar-refractivity contribution < 1.29 is 8.78 Å². The number of pyridine rings is 2. The lowest BCUT2D eigenvalue weighted by Gasteiger charge is -2.08. The fourth-order valence-corrected chi connectivity index (χ4v) is 3.45. The van der Waals surface area contributed by atoms with Crippen molar-refractivity contribution in [2.75, 3.05) is 0 Å². The number of fused-ring (bicyclic) bond motifs is 2. The molecular weight excluding hydrogens is 348 g/mol. The molecule has 1 aliphatic rings. The van der Waals surface area contributed by atoms with E-state index in [1.165, 1.54) is 0 Å². The molecule has 1 saturated carbocycles. The highest BCUT2D eigenvalue weighted by Crippen LogP contribution is 2.50. The number of alkyl halides is 2. The molecule has 5 rings (SSSR count). The van der Waals surface area contributed by atoms with Gasteiger partial charge in [0.1, 0.15) is 17.5 Å². The molecule has 3 aromatic heterocycles. The second-order valence-corrected chi connectivity index (χ2v) is 6.80. The minimum Gasteiger partial charge on any atom is -0.285 e. The minimum absolute atomic E-state index is 0.115. The highest BCUT2D eigenvalue weighted by Gasteiger charge is 2.56. The SMILES string of the molecule is N#Cc1c(-c2ccc3ncccc3c2)ccn2c(CC3CC3(F)F)nnc12. The van der Waals surface area contributed by atoms with Crippen LogP contribution in [0.1, 0.15) is 17.8 Å². The van der Waals surface area contributed by atoms with Crippen LogP contribution < -0.4 is 0 Å². The summed E-state index contributed by atoms with van der Waals surface area (Å²) in [5, 5.41) is 18.8. The van der Waals surface area contributed by atoms with Crippen LogP contribution in [-0.4, -0.2) is 25.5 Å². The van der Waals surface area contributed by atoms with Gasteiger partial charge in [-0.15, -0.1) is 10.2 Å². The number of aromatic nitrogens is 4. The first-order valence-corrected chi connectivity index (χ1v) is 8.56. The largest absolute Gasteiger partial charge is 0.285 e. The predicted octanol–water partition coefficient (Wildman–Crippen LogP) is 4.01. The Balaban J connectivity index is 1.61. The van der Waals surface area contributed by atoms with Gasteiger partial charge in [-0.25, -0.2) is 8.78 Å². The Bertz CT molecular complexity index is 1240. The summed E-state index contributed by atoms with van der Waals surface area (Å²) in [5.74, 6) is -2.84. The van der Waals surface area contributed by atoms with Crippen LogP contribution in [0.5, 0.6) is 0 Å². The molecule has 0 saturated heterocycles. The predicted molar refractivity (Wildman–Crippen MR) is 95.2 cm³/mol. The molecule has 1 aromatic carbocycles. The zero-order chi connectivity index (χ0) is 18.6. The van der Waals surface area contributed by atoms with Crippen LogP contribution in [0.2, 0.25) is 0 Å². The zero-order valence-electron chi connectivity index (χ0n) is 14.1. The summed E-state index contributed by atoms with van der Waals surface area (Å²) in [5.41, 5.74) is 3.23. The highest BCUT2D eigenvalue weighted by molar-refractivity contribution is 5.87. The van der Waals surface area contributed by atoms with Crippen LogP contribution in [0.3, 0.4) is 0 Å². The Morgan fingerprint density at radius 1 is 1.22 bits per heavy atom. The van der Waals surface area contributed by atoms with Gasteiger partial charge in [0.15, 0.2) is 5.65 Å². The molecule has 27 heavy (non-hydrogen) atoms. The molecule has 0 spiro atoms. The van der Waals surface area contributed by atoms with E-state index in [9.17, 15) is 14.0 Å². The maximum absolute atomic E-state index is 13.2. The van der Waals surface area contributed by atoms with Gasteiger partial charge in [-0.3, -0.25) is 9.38 Å². The van der Waals surface area contributed by atoms with E-state index in [1.54, 1.807) is 22.9 Å². The van der Waals surface area contributed by atoms with Crippen LogP contribution in [0, 0.1) is 17.2 Å². The van der Waals surface area contributed by atoms with Gasteiger partial charge in [0, 0.05) is 42.1 Å². The second-order valence-electron chi connectivity index (χ2n) is 6.80. The third kappa shape index (κ3) is 2.53. The molecule has 1 atom stereocenters. The van der Waals surface area contributed by atoms with E-state index in [-0.39, 0.29) is 12.8 Å². The van der Waals surface area contributed by atoms with Crippen molar-refractivity contribution in [2.24, 2.45) is 5.92 Å². The van der Waals surface area contributed by atoms with Crippen molar-refractivity contribution in [2.45, 2.75) is 18.8 Å². The summed E-state index contributed by atoms with van der Waals surface area (Å²) in [6.45, 7) is 0. The number of hydrogen-bond acceptors (Lipinski definition) is 4. The summed E-state index contributed by atoms with van der Waals surface area (Å²) in [4.78, 5) is 4.30. The molecule has 0 aliphatic heterocycles. The summed E-state index contributed by atoms with van der Waals surface area (Å²) in [7, 11) is 0. The lowest BCUT2D eigenvalue weighted by atomic mass is 10.00. The van der Waals surface area contributed by atoms with Crippen LogP contribution in [0.25, 0.3) is 27.7 Å². The average Bonchev–Trinajstić information content (AvgIpc) is 3.09. The summed E-state index contributed by atoms with van der Waals surface area (Å²) < 4.78 is 28.1. The van der Waals surface area contributed by atoms with E-state index >= 15 is 0 Å². The number of nitriles is 1. The van der Waals surface area contributed by atoms with E-state index in [0.717, 1.165) is 22.0 Å². The van der Waals surface area contributed by atoms with Crippen LogP contribution in [0.15, 0.2) is 48.8 Å². The highest BCUT2D eigenvalue weighted by atomic mass is 19.3. The van der Waals surface area contributed by atoms with Gasteiger partial charge in [0.2, 0.25) is 0 Å². The third-order valence-corrected chi connectivity index (χ3v) is 5.06. The van der Waals surface area contributed by atoms with E-state index in [4.69, 9.17) is 0 Å². The molecule has 5 nitrogen and oxygen atoms in total. The molecule has 0 radical (unpaired) electrons. The van der Waals surface area contributed by atoms with Crippen molar-refractivity contribution in [1.82, 2.24) is 19.6 Å². The molecule has 1 unspecified atom stereocenters. The van der Waals surface area contributed by atoms with Crippen molar-refractivity contribution in [1.29, 1.82) is 5.26 Å². The van der Waals surface area contributed by atoms with Crippen molar-refractivity contribution in [3.63, 3.8) is 0 Å². The average molecular weight is 361 g/mol. The van der Waals surface area contributed by atoms with E-state index in [2.05, 4.69) is 21.3 Å². The van der Waals surface area contributed by atoms with Crippen molar-refractivity contribution in [3.8, 4) is 17.2 Å². The first kappa shape index (κ1) is 15.8.